The van der Waals surface area contributed by atoms with Gasteiger partial charge in [-0.1, -0.05) is 6.07 Å². The van der Waals surface area contributed by atoms with E-state index in [1.807, 2.05) is 18.2 Å². The smallest absolute Gasteiger partial charge is 0.231 e. The molecule has 0 aliphatic carbocycles. The Morgan fingerprint density at radius 2 is 2.00 bits per heavy atom. The summed E-state index contributed by atoms with van der Waals surface area (Å²) in [5.74, 6) is 1.18. The third kappa shape index (κ3) is 2.96. The maximum atomic E-state index is 13.4. The number of rotatable bonds is 5. The molecule has 0 radical (unpaired) electrons. The SMILES string of the molecule is Cc1c(C(=O)CNCc2ccc3c(c2)OCO3)oc2ccc(F)cc12. The molecule has 25 heavy (non-hydrogen) atoms. The van der Waals surface area contributed by atoms with Gasteiger partial charge >= 0.3 is 0 Å². The summed E-state index contributed by atoms with van der Waals surface area (Å²) in [6, 6.07) is 9.88. The molecule has 0 spiro atoms. The number of benzene rings is 2. The van der Waals surface area contributed by atoms with Crippen molar-refractivity contribution in [2.45, 2.75) is 13.5 Å². The minimum atomic E-state index is -0.351. The lowest BCUT2D eigenvalue weighted by Crippen LogP contribution is -2.22. The average Bonchev–Trinajstić information content (AvgIpc) is 3.19. The van der Waals surface area contributed by atoms with Crippen molar-refractivity contribution in [3.63, 3.8) is 0 Å². The van der Waals surface area contributed by atoms with E-state index >= 15 is 0 Å². The molecular formula is C19H16FNO4. The van der Waals surface area contributed by atoms with Crippen molar-refractivity contribution < 1.29 is 23.1 Å². The van der Waals surface area contributed by atoms with Crippen molar-refractivity contribution in [3.05, 3.63) is 59.1 Å². The van der Waals surface area contributed by atoms with E-state index in [2.05, 4.69) is 5.32 Å². The number of hydrogen-bond acceptors (Lipinski definition) is 5. The minimum absolute atomic E-state index is 0.123. The molecule has 1 aliphatic rings. The number of halogens is 1. The van der Waals surface area contributed by atoms with Gasteiger partial charge in [0.25, 0.3) is 0 Å². The summed E-state index contributed by atoms with van der Waals surface area (Å²) >= 11 is 0. The highest BCUT2D eigenvalue weighted by Gasteiger charge is 2.18. The summed E-state index contributed by atoms with van der Waals surface area (Å²) in [5.41, 5.74) is 2.16. The fourth-order valence-electron chi connectivity index (χ4n) is 2.91. The second-order valence-electron chi connectivity index (χ2n) is 5.91. The first-order chi connectivity index (χ1) is 12.1. The van der Waals surface area contributed by atoms with E-state index < -0.39 is 0 Å². The lowest BCUT2D eigenvalue weighted by Gasteiger charge is -2.05. The summed E-state index contributed by atoms with van der Waals surface area (Å²) in [7, 11) is 0. The maximum absolute atomic E-state index is 13.4. The first-order valence-electron chi connectivity index (χ1n) is 7.93. The Morgan fingerprint density at radius 1 is 1.16 bits per heavy atom. The standard InChI is InChI=1S/C19H16FNO4/c1-11-14-7-13(20)3-5-16(14)25-19(11)15(22)9-21-8-12-2-4-17-18(6-12)24-10-23-17/h2-7,21H,8-10H2,1H3. The molecule has 0 unspecified atom stereocenters. The Labute approximate surface area is 143 Å². The molecular weight excluding hydrogens is 325 g/mol. The third-order valence-corrected chi connectivity index (χ3v) is 4.20. The fraction of sp³-hybridized carbons (Fsp3) is 0.211. The molecule has 2 aromatic carbocycles. The monoisotopic (exact) mass is 341 g/mol. The van der Waals surface area contributed by atoms with E-state index in [0.717, 1.165) is 11.3 Å². The van der Waals surface area contributed by atoms with E-state index in [4.69, 9.17) is 13.9 Å². The maximum Gasteiger partial charge on any atom is 0.231 e. The van der Waals surface area contributed by atoms with Gasteiger partial charge in [-0.05, 0) is 42.8 Å². The number of ether oxygens (including phenoxy) is 2. The molecule has 5 nitrogen and oxygen atoms in total. The van der Waals surface area contributed by atoms with Crippen molar-refractivity contribution in [3.8, 4) is 11.5 Å². The quantitative estimate of drug-likeness (QED) is 0.719. The highest BCUT2D eigenvalue weighted by molar-refractivity contribution is 6.01. The molecule has 1 aromatic heterocycles. The van der Waals surface area contributed by atoms with Gasteiger partial charge < -0.3 is 19.2 Å². The van der Waals surface area contributed by atoms with E-state index in [0.29, 0.717) is 28.8 Å². The van der Waals surface area contributed by atoms with Gasteiger partial charge in [-0.25, -0.2) is 4.39 Å². The van der Waals surface area contributed by atoms with E-state index in [1.54, 1.807) is 6.92 Å². The summed E-state index contributed by atoms with van der Waals surface area (Å²) in [6.07, 6.45) is 0. The van der Waals surface area contributed by atoms with Gasteiger partial charge in [0.1, 0.15) is 11.4 Å². The number of fused-ring (bicyclic) bond motifs is 2. The van der Waals surface area contributed by atoms with Crippen molar-refractivity contribution in [2.24, 2.45) is 0 Å². The number of carbonyl (C=O) groups excluding carboxylic acids is 1. The van der Waals surface area contributed by atoms with Crippen molar-refractivity contribution >= 4 is 16.8 Å². The Hall–Kier alpha value is -2.86. The summed E-state index contributed by atoms with van der Waals surface area (Å²) in [6.45, 7) is 2.63. The molecule has 0 saturated carbocycles. The van der Waals surface area contributed by atoms with E-state index in [9.17, 15) is 9.18 Å². The van der Waals surface area contributed by atoms with Crippen LogP contribution < -0.4 is 14.8 Å². The number of Topliss-reactive ketones (excluding diaryl/α,β-unsaturated/α-hetero) is 1. The number of ketones is 1. The highest BCUT2D eigenvalue weighted by Crippen LogP contribution is 2.32. The summed E-state index contributed by atoms with van der Waals surface area (Å²) < 4.78 is 29.5. The van der Waals surface area contributed by atoms with Crippen molar-refractivity contribution in [1.82, 2.24) is 5.32 Å². The molecule has 3 aromatic rings. The van der Waals surface area contributed by atoms with E-state index in [1.165, 1.54) is 18.2 Å². The van der Waals surface area contributed by atoms with Gasteiger partial charge in [0.2, 0.25) is 12.6 Å². The molecule has 0 amide bonds. The largest absolute Gasteiger partial charge is 0.454 e. The van der Waals surface area contributed by atoms with Gasteiger partial charge in [0, 0.05) is 17.5 Å². The Balaban J connectivity index is 1.43. The third-order valence-electron chi connectivity index (χ3n) is 4.20. The second-order valence-corrected chi connectivity index (χ2v) is 5.91. The van der Waals surface area contributed by atoms with Crippen LogP contribution in [-0.2, 0) is 6.54 Å². The molecule has 0 bridgehead atoms. The van der Waals surface area contributed by atoms with Gasteiger partial charge in [-0.3, -0.25) is 4.79 Å². The van der Waals surface area contributed by atoms with Crippen LogP contribution in [0.25, 0.3) is 11.0 Å². The second kappa shape index (κ2) is 6.22. The lowest BCUT2D eigenvalue weighted by atomic mass is 10.1. The molecule has 2 heterocycles. The molecule has 4 rings (SSSR count). The number of nitrogens with one attached hydrogen (secondary N) is 1. The first-order valence-corrected chi connectivity index (χ1v) is 7.93. The molecule has 1 aliphatic heterocycles. The van der Waals surface area contributed by atoms with Gasteiger partial charge in [-0.15, -0.1) is 0 Å². The van der Waals surface area contributed by atoms with Gasteiger partial charge in [0.15, 0.2) is 17.3 Å². The molecule has 0 saturated heterocycles. The number of carbonyl (C=O) groups is 1. The molecule has 128 valence electrons. The summed E-state index contributed by atoms with van der Waals surface area (Å²) in [4.78, 5) is 12.4. The van der Waals surface area contributed by atoms with Gasteiger partial charge in [-0.2, -0.15) is 0 Å². The topological polar surface area (TPSA) is 60.7 Å². The minimum Gasteiger partial charge on any atom is -0.454 e. The fourth-order valence-corrected chi connectivity index (χ4v) is 2.91. The lowest BCUT2D eigenvalue weighted by molar-refractivity contribution is 0.0965. The zero-order valence-electron chi connectivity index (χ0n) is 13.6. The predicted octanol–water partition coefficient (Wildman–Crippen LogP) is 3.58. The van der Waals surface area contributed by atoms with Crippen LogP contribution in [0.4, 0.5) is 4.39 Å². The van der Waals surface area contributed by atoms with Crippen LogP contribution in [0.15, 0.2) is 40.8 Å². The van der Waals surface area contributed by atoms with Crippen molar-refractivity contribution in [1.29, 1.82) is 0 Å². The van der Waals surface area contributed by atoms with Crippen LogP contribution in [0, 0.1) is 12.7 Å². The van der Waals surface area contributed by atoms with Gasteiger partial charge in [0.05, 0.1) is 6.54 Å². The van der Waals surface area contributed by atoms with Crippen LogP contribution in [0.1, 0.15) is 21.7 Å². The predicted molar refractivity (Wildman–Crippen MR) is 89.5 cm³/mol. The molecule has 0 atom stereocenters. The van der Waals surface area contributed by atoms with Crippen LogP contribution >= 0.6 is 0 Å². The van der Waals surface area contributed by atoms with Crippen molar-refractivity contribution in [2.75, 3.05) is 13.3 Å². The normalized spacial score (nSPS) is 12.7. The Morgan fingerprint density at radius 3 is 2.88 bits per heavy atom. The van der Waals surface area contributed by atoms with Crippen LogP contribution in [0.2, 0.25) is 0 Å². The van der Waals surface area contributed by atoms with Crippen LogP contribution in [0.5, 0.6) is 11.5 Å². The van der Waals surface area contributed by atoms with E-state index in [-0.39, 0.29) is 30.7 Å². The summed E-state index contributed by atoms with van der Waals surface area (Å²) in [5, 5.41) is 3.72. The first kappa shape index (κ1) is 15.7. The molecule has 6 heteroatoms. The number of hydrogen-bond donors (Lipinski definition) is 1. The van der Waals surface area contributed by atoms with Crippen LogP contribution in [0.3, 0.4) is 0 Å². The Bertz CT molecular complexity index is 963. The zero-order valence-corrected chi connectivity index (χ0v) is 13.6. The highest BCUT2D eigenvalue weighted by atomic mass is 19.1. The number of aryl methyl sites for hydroxylation is 1. The zero-order chi connectivity index (χ0) is 17.4. The molecule has 0 fully saturated rings. The Kier molecular flexibility index (Phi) is 3.89. The molecule has 1 N–H and O–H groups in total. The average molecular weight is 341 g/mol. The number of furan rings is 1. The van der Waals surface area contributed by atoms with Crippen LogP contribution in [-0.4, -0.2) is 19.1 Å².